The van der Waals surface area contributed by atoms with Gasteiger partial charge in [0.05, 0.1) is 5.69 Å². The quantitative estimate of drug-likeness (QED) is 0.162. The maximum atomic E-state index is 13.7. The number of nitrogens with one attached hydrogen (secondary N) is 2. The summed E-state index contributed by atoms with van der Waals surface area (Å²) in [6, 6.07) is 25.8. The Morgan fingerprint density at radius 3 is 2.29 bits per heavy atom. The van der Waals surface area contributed by atoms with Crippen molar-refractivity contribution in [3.05, 3.63) is 101 Å². The number of likely N-dealkylation sites (N-methyl/N-ethyl adjacent to an activating group) is 1. The van der Waals surface area contributed by atoms with Crippen LogP contribution in [0.1, 0.15) is 49.1 Å². The molecule has 0 fully saturated rings. The molecule has 3 aromatic carbocycles. The molecule has 4 aromatic rings. The Bertz CT molecular complexity index is 1470. The Morgan fingerprint density at radius 1 is 0.952 bits per heavy atom. The molecule has 2 N–H and O–H groups in total. The van der Waals surface area contributed by atoms with E-state index in [2.05, 4.69) is 46.4 Å². The number of anilines is 1. The first-order valence-electron chi connectivity index (χ1n) is 14.4. The monoisotopic (exact) mass is 584 g/mol. The zero-order valence-corrected chi connectivity index (χ0v) is 25.8. The van der Waals surface area contributed by atoms with Gasteiger partial charge in [0.25, 0.3) is 0 Å². The molecule has 8 heteroatoms. The molecule has 42 heavy (non-hydrogen) atoms. The normalized spacial score (nSPS) is 12.4. The lowest BCUT2D eigenvalue weighted by Gasteiger charge is -2.34. The second kappa shape index (κ2) is 14.7. The van der Waals surface area contributed by atoms with Crippen molar-refractivity contribution in [3.8, 4) is 11.1 Å². The smallest absolute Gasteiger partial charge is 0.242 e. The molecular weight excluding hydrogens is 544 g/mol. The zero-order chi connectivity index (χ0) is 30.1. The van der Waals surface area contributed by atoms with Gasteiger partial charge in [0.15, 0.2) is 0 Å². The highest BCUT2D eigenvalue weighted by molar-refractivity contribution is 8.00. The molecule has 0 spiro atoms. The van der Waals surface area contributed by atoms with Gasteiger partial charge < -0.3 is 14.7 Å². The van der Waals surface area contributed by atoms with Gasteiger partial charge in [-0.15, -0.1) is 0 Å². The molecule has 7 nitrogen and oxygen atoms in total. The summed E-state index contributed by atoms with van der Waals surface area (Å²) in [6.07, 6.45) is 1.76. The number of nitrogens with zero attached hydrogens (tertiary/aromatic N) is 2. The molecule has 1 unspecified atom stereocenters. The fourth-order valence-electron chi connectivity index (χ4n) is 4.85. The van der Waals surface area contributed by atoms with E-state index in [4.69, 9.17) is 4.52 Å². The third kappa shape index (κ3) is 7.62. The van der Waals surface area contributed by atoms with Crippen LogP contribution >= 0.6 is 11.9 Å². The molecule has 0 saturated carbocycles. The average molecular weight is 585 g/mol. The van der Waals surface area contributed by atoms with Crippen LogP contribution in [0, 0.1) is 19.8 Å². The Morgan fingerprint density at radius 2 is 1.64 bits per heavy atom. The first-order valence-corrected chi connectivity index (χ1v) is 15.2. The van der Waals surface area contributed by atoms with Crippen molar-refractivity contribution in [1.29, 1.82) is 0 Å². The van der Waals surface area contributed by atoms with Gasteiger partial charge in [-0.25, -0.2) is 0 Å². The van der Waals surface area contributed by atoms with E-state index in [0.29, 0.717) is 25.3 Å². The van der Waals surface area contributed by atoms with Gasteiger partial charge in [-0.3, -0.25) is 14.3 Å². The van der Waals surface area contributed by atoms with Crippen molar-refractivity contribution in [3.63, 3.8) is 0 Å². The third-order valence-corrected chi connectivity index (χ3v) is 8.60. The summed E-state index contributed by atoms with van der Waals surface area (Å²) in [5.41, 5.74) is 6.06. The van der Waals surface area contributed by atoms with E-state index >= 15 is 0 Å². The Balaban J connectivity index is 1.54. The third-order valence-electron chi connectivity index (χ3n) is 7.74. The maximum absolute atomic E-state index is 13.7. The first-order chi connectivity index (χ1) is 20.3. The lowest BCUT2D eigenvalue weighted by atomic mass is 9.95. The highest BCUT2D eigenvalue weighted by Gasteiger charge is 2.33. The summed E-state index contributed by atoms with van der Waals surface area (Å²) in [6.45, 7) is 8.34. The van der Waals surface area contributed by atoms with Crippen LogP contribution in [-0.2, 0) is 22.6 Å². The number of rotatable bonds is 13. The van der Waals surface area contributed by atoms with Crippen LogP contribution in [0.3, 0.4) is 0 Å². The summed E-state index contributed by atoms with van der Waals surface area (Å²) in [7, 11) is 1.63. The number of hydrogen-bond donors (Lipinski definition) is 2. The van der Waals surface area contributed by atoms with Crippen LogP contribution in [-0.4, -0.2) is 35.0 Å². The van der Waals surface area contributed by atoms with E-state index < -0.39 is 6.04 Å². The van der Waals surface area contributed by atoms with Crippen LogP contribution < -0.4 is 10.0 Å². The predicted molar refractivity (Wildman–Crippen MR) is 170 cm³/mol. The molecule has 2 atom stereocenters. The molecule has 1 heterocycles. The fraction of sp³-hybridized carbons (Fsp3) is 0.324. The minimum atomic E-state index is -0.547. The molecule has 0 radical (unpaired) electrons. The van der Waals surface area contributed by atoms with Gasteiger partial charge in [-0.1, -0.05) is 98.2 Å². The number of benzene rings is 3. The van der Waals surface area contributed by atoms with Crippen molar-refractivity contribution < 1.29 is 14.1 Å². The topological polar surface area (TPSA) is 87.5 Å². The van der Waals surface area contributed by atoms with E-state index in [1.54, 1.807) is 11.9 Å². The van der Waals surface area contributed by atoms with Gasteiger partial charge in [-0.2, -0.15) is 0 Å². The summed E-state index contributed by atoms with van der Waals surface area (Å²) >= 11 is 1.48. The van der Waals surface area contributed by atoms with Gasteiger partial charge >= 0.3 is 0 Å². The van der Waals surface area contributed by atoms with Crippen molar-refractivity contribution in [1.82, 2.24) is 15.4 Å². The molecule has 0 aliphatic rings. The number of carbonyl (C=O) groups is 2. The molecular formula is C34H40N4O3S. The number of carbonyl (C=O) groups excluding carboxylic acids is 2. The van der Waals surface area contributed by atoms with Crippen molar-refractivity contribution in [2.24, 2.45) is 5.92 Å². The number of aromatic nitrogens is 1. The van der Waals surface area contributed by atoms with Crippen molar-refractivity contribution in [2.75, 3.05) is 11.8 Å². The van der Waals surface area contributed by atoms with Gasteiger partial charge in [0.2, 0.25) is 17.7 Å². The average Bonchev–Trinajstić information content (AvgIpc) is 3.35. The van der Waals surface area contributed by atoms with Gasteiger partial charge in [0.1, 0.15) is 6.04 Å². The largest absolute Gasteiger partial charge is 0.357 e. The number of aryl methyl sites for hydroxylation is 2. The zero-order valence-electron chi connectivity index (χ0n) is 25.0. The second-order valence-electron chi connectivity index (χ2n) is 10.6. The van der Waals surface area contributed by atoms with Crippen molar-refractivity contribution in [2.45, 2.75) is 64.4 Å². The van der Waals surface area contributed by atoms with Crippen LogP contribution in [0.5, 0.6) is 0 Å². The Hall–Kier alpha value is -4.04. The summed E-state index contributed by atoms with van der Waals surface area (Å²) < 4.78 is 8.69. The predicted octanol–water partition coefficient (Wildman–Crippen LogP) is 7.20. The summed E-state index contributed by atoms with van der Waals surface area (Å²) in [4.78, 5) is 29.5. The molecule has 0 bridgehead atoms. The van der Waals surface area contributed by atoms with E-state index in [9.17, 15) is 9.59 Å². The lowest BCUT2D eigenvalue weighted by Crippen LogP contribution is -2.51. The first kappa shape index (κ1) is 30.9. The van der Waals surface area contributed by atoms with Crippen LogP contribution in [0.15, 0.2) is 88.3 Å². The Labute approximate surface area is 253 Å². The van der Waals surface area contributed by atoms with Gasteiger partial charge in [0, 0.05) is 30.5 Å². The molecule has 0 aliphatic heterocycles. The molecule has 4 rings (SSSR count). The Kier molecular flexibility index (Phi) is 10.8. The summed E-state index contributed by atoms with van der Waals surface area (Å²) in [5.74, 6) is 0.497. The van der Waals surface area contributed by atoms with E-state index in [1.807, 2.05) is 75.4 Å². The molecule has 0 saturated heterocycles. The highest BCUT2D eigenvalue weighted by atomic mass is 32.2. The highest BCUT2D eigenvalue weighted by Crippen LogP contribution is 2.33. The van der Waals surface area contributed by atoms with Crippen LogP contribution in [0.4, 0.5) is 5.88 Å². The second-order valence-corrected chi connectivity index (χ2v) is 11.4. The minimum Gasteiger partial charge on any atom is -0.357 e. The molecule has 0 aliphatic carbocycles. The molecule has 220 valence electrons. The maximum Gasteiger partial charge on any atom is 0.242 e. The van der Waals surface area contributed by atoms with E-state index in [-0.39, 0.29) is 17.7 Å². The van der Waals surface area contributed by atoms with E-state index in [0.717, 1.165) is 44.8 Å². The minimum absolute atomic E-state index is 0.0121. The van der Waals surface area contributed by atoms with Crippen LogP contribution in [0.25, 0.3) is 11.1 Å². The van der Waals surface area contributed by atoms with E-state index in [1.165, 1.54) is 11.9 Å². The SMILES string of the molecule is CC[C@H](C)C(C(=O)NC)N(Cc1ccc(-c2ccccc2SNc2onc(C)c2C)cc1)C(=O)CCc1ccccc1. The van der Waals surface area contributed by atoms with Crippen molar-refractivity contribution >= 4 is 29.6 Å². The summed E-state index contributed by atoms with van der Waals surface area (Å²) in [5, 5.41) is 6.81. The standard InChI is InChI=1S/C34H40N4O3S/c1-6-23(2)32(33(40)35-5)38(31(39)21-18-26-12-8-7-9-13-26)22-27-16-19-28(20-17-27)29-14-10-11-15-30(29)42-37-34-24(3)25(4)36-41-34/h7-17,19-20,23,32,37H,6,18,21-22H2,1-5H3,(H,35,40)/t23-,32?/m0/s1. The number of amides is 2. The number of hydrogen-bond acceptors (Lipinski definition) is 6. The lowest BCUT2D eigenvalue weighted by molar-refractivity contribution is -0.143. The molecule has 2 amide bonds. The van der Waals surface area contributed by atoms with Gasteiger partial charge in [-0.05, 0) is 66.5 Å². The fourth-order valence-corrected chi connectivity index (χ4v) is 5.69. The molecule has 1 aromatic heterocycles. The van der Waals surface area contributed by atoms with Crippen LogP contribution in [0.2, 0.25) is 0 Å².